The highest BCUT2D eigenvalue weighted by Crippen LogP contribution is 2.68. The SMILES string of the molecule is CC(C)CCC[C@@H](C)[C@H]1CC[C@H]2[C@@H]3CC[C@H]4C[C@@H](O)CC[C@@]4(C)[C@H]3CC[C@@]12C. The topological polar surface area (TPSA) is 20.2 Å². The smallest absolute Gasteiger partial charge is 0.0543 e. The number of fused-ring (bicyclic) bond motifs is 5. The van der Waals surface area contributed by atoms with Crippen molar-refractivity contribution in [1.82, 2.24) is 0 Å². The Morgan fingerprint density at radius 3 is 2.29 bits per heavy atom. The van der Waals surface area contributed by atoms with E-state index in [9.17, 15) is 5.11 Å². The number of hydrogen-bond acceptors (Lipinski definition) is 1. The van der Waals surface area contributed by atoms with Gasteiger partial charge < -0.3 is 5.11 Å². The first-order valence-corrected chi connectivity index (χ1v) is 12.9. The van der Waals surface area contributed by atoms with E-state index in [1.165, 1.54) is 64.2 Å². The zero-order valence-corrected chi connectivity index (χ0v) is 19.6. The van der Waals surface area contributed by atoms with Crippen LogP contribution in [0.4, 0.5) is 0 Å². The molecule has 0 aromatic rings. The number of rotatable bonds is 5. The average molecular weight is 389 g/mol. The molecule has 28 heavy (non-hydrogen) atoms. The molecule has 1 N–H and O–H groups in total. The van der Waals surface area contributed by atoms with E-state index in [1.807, 2.05) is 0 Å². The Morgan fingerprint density at radius 1 is 0.821 bits per heavy atom. The summed E-state index contributed by atoms with van der Waals surface area (Å²) in [6.07, 6.45) is 16.6. The molecule has 4 rings (SSSR count). The summed E-state index contributed by atoms with van der Waals surface area (Å²) in [5.74, 6) is 6.49. The van der Waals surface area contributed by atoms with Crippen molar-refractivity contribution in [2.45, 2.75) is 118 Å². The molecular weight excluding hydrogens is 340 g/mol. The second kappa shape index (κ2) is 7.90. The molecule has 0 bridgehead atoms. The first-order valence-electron chi connectivity index (χ1n) is 12.9. The normalized spacial score (nSPS) is 49.4. The molecule has 0 aromatic carbocycles. The minimum atomic E-state index is -0.00830. The van der Waals surface area contributed by atoms with Gasteiger partial charge in [0.1, 0.15) is 0 Å². The van der Waals surface area contributed by atoms with Gasteiger partial charge >= 0.3 is 0 Å². The van der Waals surface area contributed by atoms with Gasteiger partial charge in [0.25, 0.3) is 0 Å². The summed E-state index contributed by atoms with van der Waals surface area (Å²) in [6.45, 7) is 12.7. The Kier molecular flexibility index (Phi) is 5.98. The molecule has 0 unspecified atom stereocenters. The van der Waals surface area contributed by atoms with Gasteiger partial charge in [-0.15, -0.1) is 0 Å². The Hall–Kier alpha value is -0.0400. The Morgan fingerprint density at radius 2 is 1.54 bits per heavy atom. The molecule has 0 radical (unpaired) electrons. The fourth-order valence-electron chi connectivity index (χ4n) is 9.26. The standard InChI is InChI=1S/C27H48O/c1-18(2)7-6-8-19(3)23-11-12-24-22-10-9-20-17-21(28)13-15-26(20,4)25(22)14-16-27(23,24)5/h18-25,28H,6-17H2,1-5H3/t19-,20+,21+,22+,23-,24+,25+,26-,27+/m1/s1. The second-order valence-corrected chi connectivity index (χ2v) is 12.6. The lowest BCUT2D eigenvalue weighted by Gasteiger charge is -2.61. The average Bonchev–Trinajstić information content (AvgIpc) is 2.99. The lowest BCUT2D eigenvalue weighted by atomic mass is 9.44. The molecule has 1 heteroatoms. The molecule has 4 saturated carbocycles. The summed E-state index contributed by atoms with van der Waals surface area (Å²) in [7, 11) is 0. The van der Waals surface area contributed by atoms with Crippen LogP contribution in [-0.2, 0) is 0 Å². The van der Waals surface area contributed by atoms with E-state index in [1.54, 1.807) is 0 Å². The van der Waals surface area contributed by atoms with Gasteiger partial charge in [-0.25, -0.2) is 0 Å². The van der Waals surface area contributed by atoms with E-state index in [2.05, 4.69) is 34.6 Å². The van der Waals surface area contributed by atoms with Gasteiger partial charge in [-0.3, -0.25) is 0 Å². The van der Waals surface area contributed by atoms with Crippen LogP contribution in [0.1, 0.15) is 112 Å². The number of hydrogen-bond donors (Lipinski definition) is 1. The molecule has 0 saturated heterocycles. The van der Waals surface area contributed by atoms with Crippen molar-refractivity contribution in [2.24, 2.45) is 52.3 Å². The van der Waals surface area contributed by atoms with Crippen molar-refractivity contribution in [2.75, 3.05) is 0 Å². The van der Waals surface area contributed by atoms with Gasteiger partial charge in [-0.1, -0.05) is 53.9 Å². The van der Waals surface area contributed by atoms with Crippen LogP contribution in [0.2, 0.25) is 0 Å². The highest BCUT2D eigenvalue weighted by atomic mass is 16.3. The van der Waals surface area contributed by atoms with Gasteiger partial charge in [-0.2, -0.15) is 0 Å². The van der Waals surface area contributed by atoms with Crippen molar-refractivity contribution in [3.63, 3.8) is 0 Å². The van der Waals surface area contributed by atoms with E-state index in [-0.39, 0.29) is 6.10 Å². The van der Waals surface area contributed by atoms with Crippen molar-refractivity contribution in [1.29, 1.82) is 0 Å². The third-order valence-electron chi connectivity index (χ3n) is 10.8. The monoisotopic (exact) mass is 388 g/mol. The number of aliphatic hydroxyl groups is 1. The summed E-state index contributed by atoms with van der Waals surface area (Å²) in [5, 5.41) is 10.3. The lowest BCUT2D eigenvalue weighted by molar-refractivity contribution is -0.129. The largest absolute Gasteiger partial charge is 0.393 e. The van der Waals surface area contributed by atoms with E-state index in [4.69, 9.17) is 0 Å². The number of aliphatic hydroxyl groups excluding tert-OH is 1. The van der Waals surface area contributed by atoms with Crippen molar-refractivity contribution >= 4 is 0 Å². The molecule has 162 valence electrons. The Balaban J connectivity index is 1.46. The van der Waals surface area contributed by atoms with E-state index >= 15 is 0 Å². The zero-order valence-electron chi connectivity index (χ0n) is 19.6. The molecule has 9 atom stereocenters. The van der Waals surface area contributed by atoms with E-state index in [0.717, 1.165) is 54.3 Å². The fraction of sp³-hybridized carbons (Fsp3) is 1.00. The molecule has 0 amide bonds. The molecule has 0 aromatic heterocycles. The van der Waals surface area contributed by atoms with Crippen LogP contribution in [0.15, 0.2) is 0 Å². The van der Waals surface area contributed by atoms with Crippen molar-refractivity contribution in [3.05, 3.63) is 0 Å². The summed E-state index contributed by atoms with van der Waals surface area (Å²) in [4.78, 5) is 0. The Bertz CT molecular complexity index is 540. The van der Waals surface area contributed by atoms with Crippen LogP contribution < -0.4 is 0 Å². The van der Waals surface area contributed by atoms with Gasteiger partial charge in [0.15, 0.2) is 0 Å². The van der Waals surface area contributed by atoms with Crippen LogP contribution in [0.3, 0.4) is 0 Å². The summed E-state index contributed by atoms with van der Waals surface area (Å²) >= 11 is 0. The van der Waals surface area contributed by atoms with Crippen molar-refractivity contribution < 1.29 is 5.11 Å². The maximum atomic E-state index is 10.3. The molecule has 4 fully saturated rings. The van der Waals surface area contributed by atoms with Crippen LogP contribution in [0, 0.1) is 52.3 Å². The van der Waals surface area contributed by atoms with Crippen LogP contribution >= 0.6 is 0 Å². The summed E-state index contributed by atoms with van der Waals surface area (Å²) < 4.78 is 0. The minimum absolute atomic E-state index is 0.00830. The van der Waals surface area contributed by atoms with Gasteiger partial charge in [0, 0.05) is 0 Å². The predicted octanol–water partition coefficient (Wildman–Crippen LogP) is 7.47. The molecule has 0 spiro atoms. The fourth-order valence-corrected chi connectivity index (χ4v) is 9.26. The maximum absolute atomic E-state index is 10.3. The minimum Gasteiger partial charge on any atom is -0.393 e. The van der Waals surface area contributed by atoms with Crippen LogP contribution in [0.5, 0.6) is 0 Å². The first-order chi connectivity index (χ1) is 13.3. The maximum Gasteiger partial charge on any atom is 0.0543 e. The predicted molar refractivity (Wildman–Crippen MR) is 119 cm³/mol. The van der Waals surface area contributed by atoms with Crippen molar-refractivity contribution in [3.8, 4) is 0 Å². The third kappa shape index (κ3) is 3.50. The summed E-state index contributed by atoms with van der Waals surface area (Å²) in [6, 6.07) is 0. The van der Waals surface area contributed by atoms with Crippen LogP contribution in [-0.4, -0.2) is 11.2 Å². The van der Waals surface area contributed by atoms with Gasteiger partial charge in [0.05, 0.1) is 6.10 Å². The third-order valence-corrected chi connectivity index (χ3v) is 10.8. The molecule has 0 heterocycles. The Labute approximate surface area is 175 Å². The second-order valence-electron chi connectivity index (χ2n) is 12.6. The van der Waals surface area contributed by atoms with Gasteiger partial charge in [-0.05, 0) is 110 Å². The van der Waals surface area contributed by atoms with Gasteiger partial charge in [0.2, 0.25) is 0 Å². The highest BCUT2D eigenvalue weighted by Gasteiger charge is 2.60. The zero-order chi connectivity index (χ0) is 20.1. The molecule has 1 nitrogen and oxygen atoms in total. The molecule has 4 aliphatic carbocycles. The first kappa shape index (κ1) is 21.2. The molecule has 0 aliphatic heterocycles. The van der Waals surface area contributed by atoms with E-state index in [0.29, 0.717) is 10.8 Å². The van der Waals surface area contributed by atoms with Crippen LogP contribution in [0.25, 0.3) is 0 Å². The highest BCUT2D eigenvalue weighted by molar-refractivity contribution is 5.09. The summed E-state index contributed by atoms with van der Waals surface area (Å²) in [5.41, 5.74) is 1.15. The molecular formula is C27H48O. The lowest BCUT2D eigenvalue weighted by Crippen LogP contribution is -2.54. The molecule has 4 aliphatic rings. The van der Waals surface area contributed by atoms with E-state index < -0.39 is 0 Å². The quantitative estimate of drug-likeness (QED) is 0.518.